The van der Waals surface area contributed by atoms with Crippen LogP contribution in [0.5, 0.6) is 0 Å². The molecule has 0 radical (unpaired) electrons. The van der Waals surface area contributed by atoms with Gasteiger partial charge < -0.3 is 15.7 Å². The van der Waals surface area contributed by atoms with Crippen LogP contribution in [0.2, 0.25) is 5.02 Å². The number of aryl methyl sites for hydroxylation is 1. The topological polar surface area (TPSA) is 77.5 Å². The second kappa shape index (κ2) is 10.8. The summed E-state index contributed by atoms with van der Waals surface area (Å²) in [6.07, 6.45) is 4.53. The number of carbonyl (C=O) groups is 1. The number of anilines is 2. The molecule has 7 heteroatoms. The number of hydrogen-bond donors (Lipinski definition) is 3. The van der Waals surface area contributed by atoms with E-state index < -0.39 is 0 Å². The predicted octanol–water partition coefficient (Wildman–Crippen LogP) is 5.97. The fourth-order valence-electron chi connectivity index (χ4n) is 5.84. The molecule has 5 rings (SSSR count). The molecule has 2 heterocycles. The van der Waals surface area contributed by atoms with Crippen molar-refractivity contribution in [1.82, 2.24) is 9.88 Å². The van der Waals surface area contributed by atoms with Crippen LogP contribution >= 0.6 is 11.6 Å². The van der Waals surface area contributed by atoms with Gasteiger partial charge in [0.05, 0.1) is 22.5 Å². The van der Waals surface area contributed by atoms with Gasteiger partial charge in [-0.25, -0.2) is 4.98 Å². The van der Waals surface area contributed by atoms with Crippen LogP contribution in [-0.4, -0.2) is 46.6 Å². The lowest BCUT2D eigenvalue weighted by molar-refractivity contribution is 0.0669. The van der Waals surface area contributed by atoms with Crippen molar-refractivity contribution in [1.29, 1.82) is 0 Å². The Morgan fingerprint density at radius 1 is 1.05 bits per heavy atom. The van der Waals surface area contributed by atoms with Gasteiger partial charge in [-0.15, -0.1) is 0 Å². The van der Waals surface area contributed by atoms with Gasteiger partial charge in [-0.05, 0) is 86.4 Å². The van der Waals surface area contributed by atoms with E-state index in [2.05, 4.69) is 29.4 Å². The molecule has 3 N–H and O–H groups in total. The van der Waals surface area contributed by atoms with Gasteiger partial charge >= 0.3 is 0 Å². The number of carbonyl (C=O) groups excluding carboxylic acids is 1. The number of fused-ring (bicyclic) bond motifs is 1. The number of amides is 1. The van der Waals surface area contributed by atoms with Crippen molar-refractivity contribution in [3.63, 3.8) is 0 Å². The summed E-state index contributed by atoms with van der Waals surface area (Å²) >= 11 is 6.82. The summed E-state index contributed by atoms with van der Waals surface area (Å²) in [5.74, 6) is -0.261. The van der Waals surface area contributed by atoms with Gasteiger partial charge in [0.25, 0.3) is 5.91 Å². The zero-order chi connectivity index (χ0) is 26.1. The van der Waals surface area contributed by atoms with E-state index in [1.165, 1.54) is 5.56 Å². The number of benzene rings is 2. The monoisotopic (exact) mass is 518 g/mol. The summed E-state index contributed by atoms with van der Waals surface area (Å²) in [6.45, 7) is 5.87. The molecule has 0 spiro atoms. The number of halogens is 1. The zero-order valence-corrected chi connectivity index (χ0v) is 22.5. The minimum atomic E-state index is -0.261. The Kier molecular flexibility index (Phi) is 7.52. The third-order valence-corrected chi connectivity index (χ3v) is 8.40. The molecule has 6 nitrogen and oxygen atoms in total. The Bertz CT molecular complexity index is 1320. The highest BCUT2D eigenvalue weighted by molar-refractivity contribution is 6.36. The SMILES string of the molecule is CNc1cccc(-c2cccc(NC(=O)c3cc(C)c4c(n3)CN(C3CCC(O)CC3)CC4)c2Cl)c1C. The molecule has 1 saturated carbocycles. The van der Waals surface area contributed by atoms with Crippen molar-refractivity contribution in [2.45, 2.75) is 64.6 Å². The first-order valence-corrected chi connectivity index (χ1v) is 13.5. The number of nitrogens with zero attached hydrogens (tertiary/aromatic N) is 2. The minimum absolute atomic E-state index is 0.162. The number of hydrogen-bond acceptors (Lipinski definition) is 5. The number of aliphatic hydroxyl groups excluding tert-OH is 1. The summed E-state index contributed by atoms with van der Waals surface area (Å²) in [7, 11) is 1.90. The number of rotatable bonds is 5. The first kappa shape index (κ1) is 25.7. The summed E-state index contributed by atoms with van der Waals surface area (Å²) in [4.78, 5) is 20.7. The third-order valence-electron chi connectivity index (χ3n) is 7.99. The van der Waals surface area contributed by atoms with E-state index in [-0.39, 0.29) is 12.0 Å². The van der Waals surface area contributed by atoms with E-state index >= 15 is 0 Å². The molecule has 3 aromatic rings. The van der Waals surface area contributed by atoms with Gasteiger partial charge in [-0.2, -0.15) is 0 Å². The largest absolute Gasteiger partial charge is 0.393 e. The molecule has 2 aromatic carbocycles. The van der Waals surface area contributed by atoms with Gasteiger partial charge in [0.2, 0.25) is 0 Å². The highest BCUT2D eigenvalue weighted by atomic mass is 35.5. The maximum Gasteiger partial charge on any atom is 0.274 e. The van der Waals surface area contributed by atoms with Crippen molar-refractivity contribution in [2.75, 3.05) is 24.2 Å². The molecule has 0 bridgehead atoms. The maximum absolute atomic E-state index is 13.4. The molecule has 37 heavy (non-hydrogen) atoms. The highest BCUT2D eigenvalue weighted by Crippen LogP contribution is 2.37. The molecule has 0 atom stereocenters. The van der Waals surface area contributed by atoms with E-state index in [4.69, 9.17) is 16.6 Å². The van der Waals surface area contributed by atoms with E-state index in [9.17, 15) is 9.90 Å². The summed E-state index contributed by atoms with van der Waals surface area (Å²) in [6, 6.07) is 14.1. The Morgan fingerprint density at radius 2 is 1.76 bits per heavy atom. The first-order chi connectivity index (χ1) is 17.9. The Hall–Kier alpha value is -2.93. The second-order valence-corrected chi connectivity index (χ2v) is 10.7. The fraction of sp³-hybridized carbons (Fsp3) is 0.400. The van der Waals surface area contributed by atoms with Crippen LogP contribution in [0.3, 0.4) is 0 Å². The Balaban J connectivity index is 1.38. The van der Waals surface area contributed by atoms with Crippen molar-refractivity contribution < 1.29 is 9.90 Å². The van der Waals surface area contributed by atoms with Crippen molar-refractivity contribution in [3.8, 4) is 11.1 Å². The number of aromatic nitrogens is 1. The van der Waals surface area contributed by atoms with E-state index in [1.54, 1.807) is 0 Å². The number of aliphatic hydroxyl groups is 1. The molecular weight excluding hydrogens is 484 g/mol. The lowest BCUT2D eigenvalue weighted by Crippen LogP contribution is -2.42. The van der Waals surface area contributed by atoms with Crippen LogP contribution in [0.15, 0.2) is 42.5 Å². The standard InChI is InChI=1S/C30H35ClN4O2/c1-18-16-27(33-28-17-35(15-14-22(18)28)20-10-12-21(36)13-11-20)30(37)34-26-9-5-7-24(29(26)31)23-6-4-8-25(32-3)19(23)2/h4-9,16,20-21,32,36H,10-15,17H2,1-3H3,(H,34,37). The molecule has 1 aliphatic heterocycles. The van der Waals surface area contributed by atoms with Gasteiger partial charge in [0.1, 0.15) is 5.69 Å². The number of pyridine rings is 1. The van der Waals surface area contributed by atoms with Crippen LogP contribution in [-0.2, 0) is 13.0 Å². The molecular formula is C30H35ClN4O2. The highest BCUT2D eigenvalue weighted by Gasteiger charge is 2.29. The molecule has 1 aromatic heterocycles. The van der Waals surface area contributed by atoms with Gasteiger partial charge in [-0.3, -0.25) is 9.69 Å². The van der Waals surface area contributed by atoms with Crippen molar-refractivity contribution in [3.05, 3.63) is 75.6 Å². The van der Waals surface area contributed by atoms with Crippen molar-refractivity contribution >= 4 is 28.9 Å². The molecule has 0 saturated heterocycles. The molecule has 1 aliphatic carbocycles. The third kappa shape index (κ3) is 5.24. The molecule has 1 fully saturated rings. The predicted molar refractivity (Wildman–Crippen MR) is 150 cm³/mol. The molecule has 194 valence electrons. The summed E-state index contributed by atoms with van der Waals surface area (Å²) in [5, 5.41) is 16.6. The van der Waals surface area contributed by atoms with Crippen LogP contribution in [0.4, 0.5) is 11.4 Å². The first-order valence-electron chi connectivity index (χ1n) is 13.1. The summed E-state index contributed by atoms with van der Waals surface area (Å²) < 4.78 is 0. The average Bonchev–Trinajstić information content (AvgIpc) is 2.90. The van der Waals surface area contributed by atoms with E-state index in [0.717, 1.165) is 78.8 Å². The average molecular weight is 519 g/mol. The molecule has 2 aliphatic rings. The molecule has 0 unspecified atom stereocenters. The summed E-state index contributed by atoms with van der Waals surface area (Å²) in [5.41, 5.74) is 8.35. The molecule has 1 amide bonds. The van der Waals surface area contributed by atoms with Gasteiger partial charge in [0, 0.05) is 37.4 Å². The Morgan fingerprint density at radius 3 is 2.49 bits per heavy atom. The van der Waals surface area contributed by atoms with Crippen LogP contribution in [0.1, 0.15) is 58.6 Å². The van der Waals surface area contributed by atoms with Crippen LogP contribution in [0, 0.1) is 13.8 Å². The number of nitrogens with one attached hydrogen (secondary N) is 2. The van der Waals surface area contributed by atoms with Gasteiger partial charge in [-0.1, -0.05) is 35.9 Å². The van der Waals surface area contributed by atoms with Crippen molar-refractivity contribution in [2.24, 2.45) is 0 Å². The maximum atomic E-state index is 13.4. The zero-order valence-electron chi connectivity index (χ0n) is 21.8. The minimum Gasteiger partial charge on any atom is -0.393 e. The second-order valence-electron chi connectivity index (χ2n) is 10.3. The quantitative estimate of drug-likeness (QED) is 0.387. The lowest BCUT2D eigenvalue weighted by atomic mass is 9.90. The lowest BCUT2D eigenvalue weighted by Gasteiger charge is -2.38. The van der Waals surface area contributed by atoms with E-state index in [1.807, 2.05) is 49.5 Å². The van der Waals surface area contributed by atoms with Gasteiger partial charge in [0.15, 0.2) is 0 Å². The van der Waals surface area contributed by atoms with Crippen LogP contribution < -0.4 is 10.6 Å². The fourth-order valence-corrected chi connectivity index (χ4v) is 6.11. The smallest absolute Gasteiger partial charge is 0.274 e. The normalized spacial score (nSPS) is 19.8. The van der Waals surface area contributed by atoms with Crippen LogP contribution in [0.25, 0.3) is 11.1 Å². The van der Waals surface area contributed by atoms with E-state index in [0.29, 0.717) is 22.4 Å². The Labute approximate surface area is 224 Å².